The van der Waals surface area contributed by atoms with E-state index in [9.17, 15) is 13.2 Å². The number of methoxy groups -OCH3 is 2. The maximum absolute atomic E-state index is 13.2. The van der Waals surface area contributed by atoms with E-state index in [0.717, 1.165) is 11.8 Å². The second-order valence-electron chi connectivity index (χ2n) is 8.44. The Hall–Kier alpha value is -1.80. The van der Waals surface area contributed by atoms with Gasteiger partial charge in [-0.2, -0.15) is 4.31 Å². The van der Waals surface area contributed by atoms with Gasteiger partial charge in [-0.1, -0.05) is 6.42 Å². The van der Waals surface area contributed by atoms with Crippen LogP contribution in [0.2, 0.25) is 0 Å². The first-order chi connectivity index (χ1) is 13.9. The average Bonchev–Trinajstić information content (AvgIpc) is 3.36. The van der Waals surface area contributed by atoms with Gasteiger partial charge in [-0.15, -0.1) is 0 Å². The fraction of sp³-hybridized carbons (Fsp3) is 0.667. The summed E-state index contributed by atoms with van der Waals surface area (Å²) in [6, 6.07) is 4.76. The molecule has 1 aromatic rings. The van der Waals surface area contributed by atoms with Crippen LogP contribution in [0.5, 0.6) is 11.5 Å². The van der Waals surface area contributed by atoms with Crippen LogP contribution in [-0.4, -0.2) is 63.9 Å². The van der Waals surface area contributed by atoms with E-state index >= 15 is 0 Å². The van der Waals surface area contributed by atoms with Gasteiger partial charge in [0, 0.05) is 38.7 Å². The normalized spacial score (nSPS) is 27.2. The first-order valence-electron chi connectivity index (χ1n) is 10.4. The molecule has 4 rings (SSSR count). The highest BCUT2D eigenvalue weighted by Crippen LogP contribution is 2.49. The van der Waals surface area contributed by atoms with Crippen molar-refractivity contribution >= 4 is 15.9 Å². The smallest absolute Gasteiger partial charge is 0.247 e. The third-order valence-electron chi connectivity index (χ3n) is 6.90. The highest BCUT2D eigenvalue weighted by atomic mass is 32.2. The van der Waals surface area contributed by atoms with Gasteiger partial charge in [-0.25, -0.2) is 8.42 Å². The van der Waals surface area contributed by atoms with E-state index in [0.29, 0.717) is 50.0 Å². The van der Waals surface area contributed by atoms with Crippen LogP contribution in [0.15, 0.2) is 23.1 Å². The van der Waals surface area contributed by atoms with Crippen LogP contribution in [0.3, 0.4) is 0 Å². The summed E-state index contributed by atoms with van der Waals surface area (Å²) in [5.74, 6) is 3.02. The predicted octanol–water partition coefficient (Wildman–Crippen LogP) is 2.36. The zero-order valence-corrected chi connectivity index (χ0v) is 18.0. The molecule has 0 aromatic heterocycles. The summed E-state index contributed by atoms with van der Waals surface area (Å²) in [6.07, 6.45) is 5.72. The zero-order valence-electron chi connectivity index (χ0n) is 17.2. The van der Waals surface area contributed by atoms with Crippen molar-refractivity contribution in [1.82, 2.24) is 9.21 Å². The van der Waals surface area contributed by atoms with Crippen LogP contribution >= 0.6 is 0 Å². The van der Waals surface area contributed by atoms with Crippen LogP contribution < -0.4 is 9.47 Å². The van der Waals surface area contributed by atoms with Crippen molar-refractivity contribution < 1.29 is 22.7 Å². The number of ether oxygens (including phenoxy) is 2. The lowest BCUT2D eigenvalue weighted by Gasteiger charge is -2.35. The van der Waals surface area contributed by atoms with Crippen LogP contribution in [-0.2, 0) is 14.8 Å². The topological polar surface area (TPSA) is 76.2 Å². The monoisotopic (exact) mass is 422 g/mol. The van der Waals surface area contributed by atoms with Gasteiger partial charge in [-0.3, -0.25) is 4.79 Å². The Morgan fingerprint density at radius 3 is 2.41 bits per heavy atom. The molecule has 0 unspecified atom stereocenters. The third kappa shape index (κ3) is 3.97. The number of sulfonamides is 1. The molecule has 3 fully saturated rings. The minimum Gasteiger partial charge on any atom is -0.497 e. The van der Waals surface area contributed by atoms with Crippen molar-refractivity contribution in [3.05, 3.63) is 18.2 Å². The molecule has 1 aliphatic heterocycles. The number of piperazine rings is 1. The molecule has 1 aromatic carbocycles. The second-order valence-corrected chi connectivity index (χ2v) is 10.3. The lowest BCUT2D eigenvalue weighted by Crippen LogP contribution is -2.50. The largest absolute Gasteiger partial charge is 0.497 e. The number of nitrogens with zero attached hydrogens (tertiary/aromatic N) is 2. The molecule has 0 radical (unpaired) electrons. The SMILES string of the molecule is COc1ccc(OC)c(S(=O)(=O)N2CCN(C(=O)C[C@H]3C[C@@H]4CC[C@@H]3C4)CC2)c1. The molecule has 2 saturated carbocycles. The molecular formula is C21H30N2O5S. The quantitative estimate of drug-likeness (QED) is 0.703. The summed E-state index contributed by atoms with van der Waals surface area (Å²) in [6.45, 7) is 1.46. The fourth-order valence-corrected chi connectivity index (χ4v) is 6.88. The van der Waals surface area contributed by atoms with E-state index in [1.807, 2.05) is 4.90 Å². The first-order valence-corrected chi connectivity index (χ1v) is 11.9. The predicted molar refractivity (Wildman–Crippen MR) is 108 cm³/mol. The maximum Gasteiger partial charge on any atom is 0.247 e. The lowest BCUT2D eigenvalue weighted by atomic mass is 9.86. The summed E-state index contributed by atoms with van der Waals surface area (Å²) < 4.78 is 38.2. The molecule has 0 spiro atoms. The van der Waals surface area contributed by atoms with E-state index in [1.54, 1.807) is 12.1 Å². The highest BCUT2D eigenvalue weighted by Gasteiger charge is 2.41. The van der Waals surface area contributed by atoms with Gasteiger partial charge in [0.05, 0.1) is 14.2 Å². The number of fused-ring (bicyclic) bond motifs is 2. The molecule has 8 heteroatoms. The van der Waals surface area contributed by atoms with Gasteiger partial charge in [-0.05, 0) is 49.1 Å². The Labute approximate surface area is 173 Å². The Bertz CT molecular complexity index is 864. The molecule has 160 valence electrons. The lowest BCUT2D eigenvalue weighted by molar-refractivity contribution is -0.133. The van der Waals surface area contributed by atoms with E-state index in [2.05, 4.69) is 0 Å². The summed E-state index contributed by atoms with van der Waals surface area (Å²) in [7, 11) is -0.775. The molecule has 3 atom stereocenters. The molecule has 29 heavy (non-hydrogen) atoms. The van der Waals surface area contributed by atoms with Crippen molar-refractivity contribution in [2.24, 2.45) is 17.8 Å². The molecule has 0 N–H and O–H groups in total. The van der Waals surface area contributed by atoms with Gasteiger partial charge in [0.2, 0.25) is 15.9 Å². The number of hydrogen-bond donors (Lipinski definition) is 0. The third-order valence-corrected chi connectivity index (χ3v) is 8.82. The fourth-order valence-electron chi connectivity index (χ4n) is 5.28. The second kappa shape index (κ2) is 8.14. The Morgan fingerprint density at radius 1 is 1.07 bits per heavy atom. The van der Waals surface area contributed by atoms with E-state index in [4.69, 9.17) is 9.47 Å². The molecule has 1 amide bonds. The van der Waals surface area contributed by atoms with Crippen molar-refractivity contribution in [3.63, 3.8) is 0 Å². The zero-order chi connectivity index (χ0) is 20.6. The van der Waals surface area contributed by atoms with Gasteiger partial charge < -0.3 is 14.4 Å². The first kappa shape index (κ1) is 20.5. The molecule has 1 saturated heterocycles. The van der Waals surface area contributed by atoms with Crippen molar-refractivity contribution in [3.8, 4) is 11.5 Å². The molecule has 3 aliphatic rings. The summed E-state index contributed by atoms with van der Waals surface area (Å²) >= 11 is 0. The summed E-state index contributed by atoms with van der Waals surface area (Å²) in [5.41, 5.74) is 0. The van der Waals surface area contributed by atoms with Crippen LogP contribution in [0.1, 0.15) is 32.1 Å². The molecular weight excluding hydrogens is 392 g/mol. The Morgan fingerprint density at radius 2 is 1.83 bits per heavy atom. The number of carbonyl (C=O) groups excluding carboxylic acids is 1. The van der Waals surface area contributed by atoms with Gasteiger partial charge in [0.1, 0.15) is 16.4 Å². The Kier molecular flexibility index (Phi) is 5.75. The van der Waals surface area contributed by atoms with Crippen molar-refractivity contribution in [2.75, 3.05) is 40.4 Å². The Balaban J connectivity index is 1.39. The minimum atomic E-state index is -3.73. The minimum absolute atomic E-state index is 0.0982. The number of benzene rings is 1. The number of hydrogen-bond acceptors (Lipinski definition) is 5. The summed E-state index contributed by atoms with van der Waals surface area (Å²) in [5, 5.41) is 0. The van der Waals surface area contributed by atoms with Crippen molar-refractivity contribution in [2.45, 2.75) is 37.0 Å². The molecule has 2 aliphatic carbocycles. The highest BCUT2D eigenvalue weighted by molar-refractivity contribution is 7.89. The van der Waals surface area contributed by atoms with E-state index in [1.165, 1.54) is 50.3 Å². The van der Waals surface area contributed by atoms with E-state index in [-0.39, 0.29) is 10.8 Å². The van der Waals surface area contributed by atoms with E-state index < -0.39 is 10.0 Å². The average molecular weight is 423 g/mol. The number of rotatable bonds is 6. The van der Waals surface area contributed by atoms with Crippen LogP contribution in [0, 0.1) is 17.8 Å². The van der Waals surface area contributed by atoms with Crippen molar-refractivity contribution in [1.29, 1.82) is 0 Å². The van der Waals surface area contributed by atoms with Gasteiger partial charge in [0.15, 0.2) is 0 Å². The summed E-state index contributed by atoms with van der Waals surface area (Å²) in [4.78, 5) is 14.7. The van der Waals surface area contributed by atoms with Gasteiger partial charge >= 0.3 is 0 Å². The maximum atomic E-state index is 13.2. The standard InChI is InChI=1S/C21H30N2O5S/c1-27-18-5-6-19(28-2)20(14-18)29(25,26)23-9-7-22(8-10-23)21(24)13-17-12-15-3-4-16(17)11-15/h5-6,14-17H,3-4,7-13H2,1-2H3/t15-,16-,17-/m1/s1. The van der Waals surface area contributed by atoms with Gasteiger partial charge in [0.25, 0.3) is 0 Å². The number of amides is 1. The molecule has 2 bridgehead atoms. The van der Waals surface area contributed by atoms with Crippen LogP contribution in [0.25, 0.3) is 0 Å². The number of carbonyl (C=O) groups is 1. The molecule has 7 nitrogen and oxygen atoms in total. The molecule has 1 heterocycles. The van der Waals surface area contributed by atoms with Crippen LogP contribution in [0.4, 0.5) is 0 Å².